The Labute approximate surface area is 130 Å². The van der Waals surface area contributed by atoms with Crippen LogP contribution in [0.3, 0.4) is 0 Å². The molecule has 2 heterocycles. The number of carbonyl (C=O) groups excluding carboxylic acids is 1. The summed E-state index contributed by atoms with van der Waals surface area (Å²) in [5.41, 5.74) is 0. The molecule has 0 aromatic carbocycles. The zero-order valence-electron chi connectivity index (χ0n) is 14.4. The van der Waals surface area contributed by atoms with Crippen LogP contribution in [0, 0.1) is 5.92 Å². The van der Waals surface area contributed by atoms with Crippen LogP contribution in [-0.4, -0.2) is 60.3 Å². The lowest BCUT2D eigenvalue weighted by molar-refractivity contribution is -0.145. The smallest absolute Gasteiger partial charge is 0.225 e. The average Bonchev–Trinajstić information content (AvgIpc) is 2.50. The van der Waals surface area contributed by atoms with Crippen molar-refractivity contribution in [2.45, 2.75) is 53.4 Å². The standard InChI is InChI=1S/C10H19N3O2.2C3H8/c14-10(12-7-3-11-4-8-12)9-1-5-13(15)6-2-9;2*1-3-2/h9,11,15H,1-8H2;2*3H2,1-2H3. The Balaban J connectivity index is 0.000000578. The second-order valence-corrected chi connectivity index (χ2v) is 5.72. The molecular formula is C16H35N3O2. The molecule has 0 unspecified atom stereocenters. The highest BCUT2D eigenvalue weighted by atomic mass is 16.5. The maximum absolute atomic E-state index is 12.1. The van der Waals surface area contributed by atoms with Crippen molar-refractivity contribution in [3.63, 3.8) is 0 Å². The monoisotopic (exact) mass is 301 g/mol. The molecule has 2 rings (SSSR count). The van der Waals surface area contributed by atoms with Gasteiger partial charge in [-0.25, -0.2) is 0 Å². The lowest BCUT2D eigenvalue weighted by Crippen LogP contribution is -2.49. The first kappa shape index (κ1) is 20.3. The predicted molar refractivity (Wildman–Crippen MR) is 87.5 cm³/mol. The third-order valence-electron chi connectivity index (χ3n) is 3.25. The molecule has 0 aliphatic carbocycles. The van der Waals surface area contributed by atoms with E-state index in [4.69, 9.17) is 0 Å². The summed E-state index contributed by atoms with van der Waals surface area (Å²) in [6.07, 6.45) is 4.08. The molecule has 2 N–H and O–H groups in total. The Morgan fingerprint density at radius 2 is 1.43 bits per heavy atom. The number of nitrogens with zero attached hydrogens (tertiary/aromatic N) is 2. The van der Waals surface area contributed by atoms with Crippen molar-refractivity contribution < 1.29 is 10.0 Å². The molecule has 2 aliphatic rings. The second-order valence-electron chi connectivity index (χ2n) is 5.72. The normalized spacial score (nSPS) is 20.0. The highest BCUT2D eigenvalue weighted by molar-refractivity contribution is 5.79. The number of amides is 1. The van der Waals surface area contributed by atoms with E-state index in [0.29, 0.717) is 13.1 Å². The molecule has 2 fully saturated rings. The van der Waals surface area contributed by atoms with Gasteiger partial charge in [0.25, 0.3) is 0 Å². The van der Waals surface area contributed by atoms with Crippen LogP contribution in [0.4, 0.5) is 0 Å². The first-order valence-electron chi connectivity index (χ1n) is 8.53. The van der Waals surface area contributed by atoms with Gasteiger partial charge in [-0.2, -0.15) is 5.06 Å². The van der Waals surface area contributed by atoms with E-state index < -0.39 is 0 Å². The van der Waals surface area contributed by atoms with E-state index >= 15 is 0 Å². The van der Waals surface area contributed by atoms with E-state index in [9.17, 15) is 10.0 Å². The van der Waals surface area contributed by atoms with Gasteiger partial charge in [-0.05, 0) is 12.8 Å². The fourth-order valence-corrected chi connectivity index (χ4v) is 2.26. The minimum Gasteiger partial charge on any atom is -0.340 e. The first-order chi connectivity index (χ1) is 10.1. The molecule has 126 valence electrons. The summed E-state index contributed by atoms with van der Waals surface area (Å²) < 4.78 is 0. The Morgan fingerprint density at radius 1 is 1.00 bits per heavy atom. The Kier molecular flexibility index (Phi) is 12.6. The van der Waals surface area contributed by atoms with E-state index in [2.05, 4.69) is 33.0 Å². The van der Waals surface area contributed by atoms with Crippen LogP contribution in [0.2, 0.25) is 0 Å². The number of nitrogens with one attached hydrogen (secondary N) is 1. The van der Waals surface area contributed by atoms with Crippen molar-refractivity contribution in [2.24, 2.45) is 5.92 Å². The number of hydroxylamine groups is 2. The number of rotatable bonds is 1. The number of hydrogen-bond donors (Lipinski definition) is 2. The molecule has 0 spiro atoms. The van der Waals surface area contributed by atoms with Crippen molar-refractivity contribution in [2.75, 3.05) is 39.3 Å². The molecule has 0 aromatic rings. The summed E-state index contributed by atoms with van der Waals surface area (Å²) in [6, 6.07) is 0. The van der Waals surface area contributed by atoms with Crippen LogP contribution < -0.4 is 5.32 Å². The van der Waals surface area contributed by atoms with Crippen LogP contribution >= 0.6 is 0 Å². The van der Waals surface area contributed by atoms with Gasteiger partial charge in [-0.15, -0.1) is 0 Å². The third-order valence-corrected chi connectivity index (χ3v) is 3.25. The summed E-state index contributed by atoms with van der Waals surface area (Å²) in [7, 11) is 0. The van der Waals surface area contributed by atoms with Gasteiger partial charge in [0, 0.05) is 45.2 Å². The van der Waals surface area contributed by atoms with Crippen LogP contribution in [0.1, 0.15) is 53.4 Å². The van der Waals surface area contributed by atoms with Crippen molar-refractivity contribution >= 4 is 5.91 Å². The van der Waals surface area contributed by atoms with Crippen molar-refractivity contribution in [1.29, 1.82) is 0 Å². The van der Waals surface area contributed by atoms with Gasteiger partial charge in [0.05, 0.1) is 0 Å². The molecule has 0 bridgehead atoms. The zero-order valence-corrected chi connectivity index (χ0v) is 14.4. The SMILES string of the molecule is CCC.CCC.O=C(C1CCN(O)CC1)N1CCNCC1. The molecule has 1 amide bonds. The quantitative estimate of drug-likeness (QED) is 0.780. The average molecular weight is 301 g/mol. The van der Waals surface area contributed by atoms with E-state index in [1.165, 1.54) is 17.9 Å². The summed E-state index contributed by atoms with van der Waals surface area (Å²) in [4.78, 5) is 14.0. The summed E-state index contributed by atoms with van der Waals surface area (Å²) in [5, 5.41) is 13.8. The van der Waals surface area contributed by atoms with Gasteiger partial charge in [0.15, 0.2) is 0 Å². The highest BCUT2D eigenvalue weighted by Crippen LogP contribution is 2.18. The molecular weight excluding hydrogens is 266 g/mol. The van der Waals surface area contributed by atoms with Gasteiger partial charge in [0.2, 0.25) is 5.91 Å². The molecule has 2 aliphatic heterocycles. The molecule has 0 aromatic heterocycles. The molecule has 5 nitrogen and oxygen atoms in total. The molecule has 0 radical (unpaired) electrons. The van der Waals surface area contributed by atoms with E-state index in [-0.39, 0.29) is 11.8 Å². The van der Waals surface area contributed by atoms with Gasteiger partial charge in [-0.1, -0.05) is 40.5 Å². The van der Waals surface area contributed by atoms with Gasteiger partial charge < -0.3 is 15.4 Å². The molecule has 5 heteroatoms. The largest absolute Gasteiger partial charge is 0.340 e. The minimum absolute atomic E-state index is 0.131. The highest BCUT2D eigenvalue weighted by Gasteiger charge is 2.28. The lowest BCUT2D eigenvalue weighted by Gasteiger charge is -2.33. The van der Waals surface area contributed by atoms with E-state index in [1.54, 1.807) is 0 Å². The third kappa shape index (κ3) is 9.06. The van der Waals surface area contributed by atoms with Crippen LogP contribution in [0.5, 0.6) is 0 Å². The van der Waals surface area contributed by atoms with Gasteiger partial charge >= 0.3 is 0 Å². The Bertz CT molecular complexity index is 246. The fraction of sp³-hybridized carbons (Fsp3) is 0.938. The maximum Gasteiger partial charge on any atom is 0.225 e. The number of piperazine rings is 1. The van der Waals surface area contributed by atoms with Crippen molar-refractivity contribution in [3.05, 3.63) is 0 Å². The zero-order chi connectivity index (χ0) is 16.1. The number of piperidine rings is 1. The van der Waals surface area contributed by atoms with Crippen LogP contribution in [-0.2, 0) is 4.79 Å². The van der Waals surface area contributed by atoms with E-state index in [1.807, 2.05) is 4.90 Å². The number of hydrogen-bond acceptors (Lipinski definition) is 4. The first-order valence-corrected chi connectivity index (χ1v) is 8.53. The topological polar surface area (TPSA) is 55.8 Å². The maximum atomic E-state index is 12.1. The Morgan fingerprint density at radius 3 is 1.86 bits per heavy atom. The van der Waals surface area contributed by atoms with Crippen LogP contribution in [0.15, 0.2) is 0 Å². The van der Waals surface area contributed by atoms with Crippen molar-refractivity contribution in [1.82, 2.24) is 15.3 Å². The Hall–Kier alpha value is -0.650. The van der Waals surface area contributed by atoms with Crippen LogP contribution in [0.25, 0.3) is 0 Å². The predicted octanol–water partition coefficient (Wildman–Crippen LogP) is 2.35. The second kappa shape index (κ2) is 13.0. The summed E-state index contributed by atoms with van der Waals surface area (Å²) in [6.45, 7) is 13.2. The molecule has 0 saturated carbocycles. The lowest BCUT2D eigenvalue weighted by atomic mass is 9.96. The molecule has 2 saturated heterocycles. The molecule has 21 heavy (non-hydrogen) atoms. The minimum atomic E-state index is 0.131. The van der Waals surface area contributed by atoms with E-state index in [0.717, 1.165) is 39.0 Å². The fourth-order valence-electron chi connectivity index (χ4n) is 2.26. The summed E-state index contributed by atoms with van der Waals surface area (Å²) in [5.74, 6) is 0.413. The summed E-state index contributed by atoms with van der Waals surface area (Å²) >= 11 is 0. The molecule has 0 atom stereocenters. The van der Waals surface area contributed by atoms with Crippen molar-refractivity contribution in [3.8, 4) is 0 Å². The van der Waals surface area contributed by atoms with Gasteiger partial charge in [-0.3, -0.25) is 4.79 Å². The van der Waals surface area contributed by atoms with Gasteiger partial charge in [0.1, 0.15) is 0 Å². The number of carbonyl (C=O) groups is 1.